The third-order valence-corrected chi connectivity index (χ3v) is 6.25. The Morgan fingerprint density at radius 3 is 2.70 bits per heavy atom. The number of morpholine rings is 1. The van der Waals surface area contributed by atoms with E-state index in [4.69, 9.17) is 15.5 Å². The topological polar surface area (TPSA) is 54.1 Å². The molecule has 5 nitrogen and oxygen atoms in total. The highest BCUT2D eigenvalue weighted by Crippen LogP contribution is 2.30. The maximum atomic E-state index is 6.27. The maximum absolute atomic E-state index is 6.27. The fraction of sp³-hybridized carbons (Fsp3) is 0.450. The monoisotopic (exact) mass is 498 g/mol. The van der Waals surface area contributed by atoms with Crippen LogP contribution in [-0.4, -0.2) is 55.2 Å². The number of nitrogens with two attached hydrogens (primary N) is 1. The van der Waals surface area contributed by atoms with Crippen LogP contribution in [0.1, 0.15) is 22.0 Å². The molecule has 0 aliphatic carbocycles. The fourth-order valence-corrected chi connectivity index (χ4v) is 4.61. The van der Waals surface area contributed by atoms with Crippen molar-refractivity contribution in [2.45, 2.75) is 19.0 Å². The number of hydrogen-bond acceptors (Lipinski definition) is 4. The van der Waals surface area contributed by atoms with Crippen LogP contribution in [0.5, 0.6) is 0 Å². The van der Waals surface area contributed by atoms with Crippen molar-refractivity contribution in [2.24, 2.45) is 10.7 Å². The lowest BCUT2D eigenvalue weighted by Crippen LogP contribution is -2.45. The number of halogens is 1. The van der Waals surface area contributed by atoms with Gasteiger partial charge in [-0.2, -0.15) is 0 Å². The average molecular weight is 498 g/mol. The van der Waals surface area contributed by atoms with Crippen molar-refractivity contribution in [1.29, 1.82) is 0 Å². The van der Waals surface area contributed by atoms with Gasteiger partial charge in [-0.15, -0.1) is 35.3 Å². The molecule has 2 N–H and O–H groups in total. The molecule has 3 heterocycles. The zero-order valence-electron chi connectivity index (χ0n) is 15.4. The Hall–Kier alpha value is -1.16. The summed E-state index contributed by atoms with van der Waals surface area (Å²) in [5.74, 6) is 0.641. The number of nitrogens with zero attached hydrogens (tertiary/aromatic N) is 3. The molecule has 1 saturated heterocycles. The molecule has 2 aliphatic rings. The standard InChI is InChI=1S/C20H26N4OS.HI/c21-20(23-9-11-25-12-10-23)22-14-18(16-4-2-1-3-5-16)24-8-6-19-17(15-24)7-13-26-19;/h1-5,7,13,18H,6,8-12,14-15H2,(H2,21,22);1H. The molecule has 0 spiro atoms. The highest BCUT2D eigenvalue weighted by Gasteiger charge is 2.25. The summed E-state index contributed by atoms with van der Waals surface area (Å²) in [5, 5.41) is 2.21. The Kier molecular flexibility index (Phi) is 7.51. The molecule has 0 bridgehead atoms. The lowest BCUT2D eigenvalue weighted by atomic mass is 10.0. The number of thiophene rings is 1. The van der Waals surface area contributed by atoms with E-state index in [2.05, 4.69) is 51.6 Å². The van der Waals surface area contributed by atoms with Crippen LogP contribution < -0.4 is 5.73 Å². The SMILES string of the molecule is I.NC(=NCC(c1ccccc1)N1CCc2sccc2C1)N1CCOCC1. The molecule has 0 radical (unpaired) electrons. The highest BCUT2D eigenvalue weighted by molar-refractivity contribution is 14.0. The first kappa shape index (κ1) is 20.6. The minimum atomic E-state index is 0. The van der Waals surface area contributed by atoms with Gasteiger partial charge in [-0.25, -0.2) is 0 Å². The van der Waals surface area contributed by atoms with Gasteiger partial charge in [0.1, 0.15) is 0 Å². The second-order valence-electron chi connectivity index (χ2n) is 6.81. The van der Waals surface area contributed by atoms with Crippen LogP contribution in [0.2, 0.25) is 0 Å². The first-order valence-electron chi connectivity index (χ1n) is 9.28. The van der Waals surface area contributed by atoms with E-state index < -0.39 is 0 Å². The Morgan fingerprint density at radius 2 is 1.93 bits per heavy atom. The van der Waals surface area contributed by atoms with Crippen molar-refractivity contribution < 1.29 is 4.74 Å². The van der Waals surface area contributed by atoms with Gasteiger partial charge in [-0.1, -0.05) is 30.3 Å². The van der Waals surface area contributed by atoms with E-state index in [0.717, 1.165) is 45.8 Å². The van der Waals surface area contributed by atoms with Crippen molar-refractivity contribution in [3.05, 3.63) is 57.8 Å². The second kappa shape index (κ2) is 9.86. The van der Waals surface area contributed by atoms with Gasteiger partial charge in [0.2, 0.25) is 0 Å². The first-order valence-corrected chi connectivity index (χ1v) is 10.2. The number of hydrogen-bond donors (Lipinski definition) is 1. The number of ether oxygens (including phenoxy) is 1. The second-order valence-corrected chi connectivity index (χ2v) is 7.81. The van der Waals surface area contributed by atoms with Crippen LogP contribution >= 0.6 is 35.3 Å². The van der Waals surface area contributed by atoms with Crippen molar-refractivity contribution in [2.75, 3.05) is 39.4 Å². The van der Waals surface area contributed by atoms with Crippen LogP contribution in [0.4, 0.5) is 0 Å². The fourth-order valence-electron chi connectivity index (χ4n) is 3.72. The molecule has 1 atom stereocenters. The smallest absolute Gasteiger partial charge is 0.191 e. The molecule has 1 fully saturated rings. The molecule has 2 aliphatic heterocycles. The summed E-state index contributed by atoms with van der Waals surface area (Å²) in [6.07, 6.45) is 1.12. The van der Waals surface area contributed by atoms with Crippen molar-refractivity contribution in [3.63, 3.8) is 0 Å². The molecule has 1 aromatic carbocycles. The van der Waals surface area contributed by atoms with Crippen LogP contribution in [0.3, 0.4) is 0 Å². The lowest BCUT2D eigenvalue weighted by molar-refractivity contribution is 0.0673. The summed E-state index contributed by atoms with van der Waals surface area (Å²) in [6.45, 7) is 5.86. The van der Waals surface area contributed by atoms with Gasteiger partial charge in [-0.3, -0.25) is 9.89 Å². The summed E-state index contributed by atoms with van der Waals surface area (Å²) in [4.78, 5) is 11.0. The number of guanidine groups is 1. The highest BCUT2D eigenvalue weighted by atomic mass is 127. The van der Waals surface area contributed by atoms with E-state index in [0.29, 0.717) is 12.5 Å². The Morgan fingerprint density at radius 1 is 1.15 bits per heavy atom. The molecule has 1 unspecified atom stereocenters. The number of fused-ring (bicyclic) bond motifs is 1. The molecule has 7 heteroatoms. The summed E-state index contributed by atoms with van der Waals surface area (Å²) < 4.78 is 5.41. The Labute approximate surface area is 182 Å². The van der Waals surface area contributed by atoms with Crippen molar-refractivity contribution >= 4 is 41.3 Å². The minimum absolute atomic E-state index is 0. The van der Waals surface area contributed by atoms with Crippen molar-refractivity contribution in [1.82, 2.24) is 9.80 Å². The first-order chi connectivity index (χ1) is 12.8. The summed E-state index contributed by atoms with van der Waals surface area (Å²) >= 11 is 1.88. The van der Waals surface area contributed by atoms with Gasteiger partial charge >= 0.3 is 0 Å². The quantitative estimate of drug-likeness (QED) is 0.400. The van der Waals surface area contributed by atoms with Crippen molar-refractivity contribution in [3.8, 4) is 0 Å². The zero-order chi connectivity index (χ0) is 17.8. The van der Waals surface area contributed by atoms with Crippen LogP contribution in [0.25, 0.3) is 0 Å². The van der Waals surface area contributed by atoms with E-state index in [1.165, 1.54) is 16.0 Å². The molecule has 0 amide bonds. The normalized spacial score (nSPS) is 19.3. The average Bonchev–Trinajstić information content (AvgIpc) is 3.17. The molecular weight excluding hydrogens is 471 g/mol. The number of benzene rings is 1. The van der Waals surface area contributed by atoms with Gasteiger partial charge in [0.05, 0.1) is 25.8 Å². The third-order valence-electron chi connectivity index (χ3n) is 5.22. The van der Waals surface area contributed by atoms with Crippen LogP contribution in [0.15, 0.2) is 46.8 Å². The summed E-state index contributed by atoms with van der Waals surface area (Å²) in [7, 11) is 0. The minimum Gasteiger partial charge on any atom is -0.378 e. The van der Waals surface area contributed by atoms with E-state index >= 15 is 0 Å². The Balaban J connectivity index is 0.00000210. The van der Waals surface area contributed by atoms with Gasteiger partial charge in [0.25, 0.3) is 0 Å². The van der Waals surface area contributed by atoms with Crippen LogP contribution in [0, 0.1) is 0 Å². The number of rotatable bonds is 4. The molecule has 0 saturated carbocycles. The third kappa shape index (κ3) is 5.01. The van der Waals surface area contributed by atoms with E-state index in [1.807, 2.05) is 11.3 Å². The van der Waals surface area contributed by atoms with Crippen LogP contribution in [-0.2, 0) is 17.7 Å². The Bertz CT molecular complexity index is 745. The molecule has 27 heavy (non-hydrogen) atoms. The van der Waals surface area contributed by atoms with E-state index in [1.54, 1.807) is 0 Å². The largest absolute Gasteiger partial charge is 0.378 e. The molecule has 1 aromatic heterocycles. The molecular formula is C20H27IN4OS. The van der Waals surface area contributed by atoms with E-state index in [-0.39, 0.29) is 30.0 Å². The zero-order valence-corrected chi connectivity index (χ0v) is 18.6. The lowest BCUT2D eigenvalue weighted by Gasteiger charge is -2.34. The predicted molar refractivity (Wildman–Crippen MR) is 122 cm³/mol. The van der Waals surface area contributed by atoms with Gasteiger partial charge in [0, 0.05) is 31.1 Å². The maximum Gasteiger partial charge on any atom is 0.191 e. The number of aliphatic imine (C=N–C) groups is 1. The summed E-state index contributed by atoms with van der Waals surface area (Å²) in [6, 6.07) is 13.2. The van der Waals surface area contributed by atoms with Gasteiger partial charge in [0.15, 0.2) is 5.96 Å². The molecule has 146 valence electrons. The predicted octanol–water partition coefficient (Wildman–Crippen LogP) is 3.11. The van der Waals surface area contributed by atoms with Gasteiger partial charge < -0.3 is 15.4 Å². The summed E-state index contributed by atoms with van der Waals surface area (Å²) in [5.41, 5.74) is 9.04. The van der Waals surface area contributed by atoms with E-state index in [9.17, 15) is 0 Å². The molecule has 4 rings (SSSR count). The molecule has 2 aromatic rings. The van der Waals surface area contributed by atoms with Gasteiger partial charge in [-0.05, 0) is 29.0 Å².